The minimum atomic E-state index is -2.40. The van der Waals surface area contributed by atoms with E-state index in [0.29, 0.717) is 26.4 Å². The zero-order chi connectivity index (χ0) is 20.3. The molecule has 0 aliphatic heterocycles. The average Bonchev–Trinajstić information content (AvgIpc) is 2.63. The third-order valence-electron chi connectivity index (χ3n) is 2.97. The Labute approximate surface area is 180 Å². The van der Waals surface area contributed by atoms with E-state index in [0.717, 1.165) is 12.5 Å². The van der Waals surface area contributed by atoms with Crippen molar-refractivity contribution in [3.63, 3.8) is 0 Å². The van der Waals surface area contributed by atoms with Gasteiger partial charge in [-0.25, -0.2) is 0 Å². The van der Waals surface area contributed by atoms with Gasteiger partial charge in [0.1, 0.15) is 10.0 Å². The fourth-order valence-corrected chi connectivity index (χ4v) is 5.68. The first-order chi connectivity index (χ1) is 12.2. The molecule has 0 bridgehead atoms. The smallest absolute Gasteiger partial charge is 0.500 e. The van der Waals surface area contributed by atoms with Crippen molar-refractivity contribution < 1.29 is 18.4 Å². The van der Waals surface area contributed by atoms with Gasteiger partial charge >= 0.3 is 8.80 Å². The van der Waals surface area contributed by atoms with Gasteiger partial charge in [-0.3, -0.25) is 0 Å². The van der Waals surface area contributed by atoms with E-state index in [1.165, 1.54) is 0 Å². The largest absolute Gasteiger partial charge is 0.505 e. The lowest BCUT2D eigenvalue weighted by Crippen LogP contribution is -2.46. The highest BCUT2D eigenvalue weighted by molar-refractivity contribution is 6.60. The molecule has 0 amide bonds. The minimum Gasteiger partial charge on any atom is -0.505 e. The highest BCUT2D eigenvalue weighted by Gasteiger charge is 2.39. The van der Waals surface area contributed by atoms with Crippen LogP contribution in [0.1, 0.15) is 27.2 Å². The fourth-order valence-electron chi connectivity index (χ4n) is 1.91. The van der Waals surface area contributed by atoms with Gasteiger partial charge in [0.05, 0.1) is 15.1 Å². The van der Waals surface area contributed by atoms with Crippen LogP contribution in [0.4, 0.5) is 0 Å². The number of hydrogen-bond donors (Lipinski definition) is 2. The molecule has 0 atom stereocenters. The Kier molecular flexibility index (Phi) is 13.9. The number of benzene rings is 1. The highest BCUT2D eigenvalue weighted by Crippen LogP contribution is 2.47. The van der Waals surface area contributed by atoms with Crippen molar-refractivity contribution in [2.24, 2.45) is 5.73 Å². The second kappa shape index (κ2) is 13.7. The van der Waals surface area contributed by atoms with Crippen LogP contribution < -0.4 is 5.73 Å². The van der Waals surface area contributed by atoms with Gasteiger partial charge < -0.3 is 24.1 Å². The van der Waals surface area contributed by atoms with Crippen LogP contribution in [0.25, 0.3) is 0 Å². The fraction of sp³-hybridized carbons (Fsp3) is 0.600. The van der Waals surface area contributed by atoms with E-state index in [2.05, 4.69) is 0 Å². The Morgan fingerprint density at radius 1 is 0.769 bits per heavy atom. The van der Waals surface area contributed by atoms with Crippen molar-refractivity contribution in [3.05, 3.63) is 25.1 Å². The number of hydrogen-bond acceptors (Lipinski definition) is 5. The second-order valence-corrected chi connectivity index (χ2v) is 9.41. The van der Waals surface area contributed by atoms with Crippen molar-refractivity contribution in [3.8, 4) is 5.75 Å². The Morgan fingerprint density at radius 3 is 1.42 bits per heavy atom. The Hall–Kier alpha value is 0.527. The molecule has 0 radical (unpaired) electrons. The Balaban J connectivity index is 0.000000485. The zero-order valence-corrected chi connectivity index (χ0v) is 19.7. The number of nitrogens with two attached hydrogens (primary N) is 1. The van der Waals surface area contributed by atoms with Crippen molar-refractivity contribution in [1.29, 1.82) is 0 Å². The van der Waals surface area contributed by atoms with Gasteiger partial charge in [-0.2, -0.15) is 0 Å². The van der Waals surface area contributed by atoms with E-state index in [-0.39, 0.29) is 30.9 Å². The lowest BCUT2D eigenvalue weighted by Gasteiger charge is -2.28. The zero-order valence-electron chi connectivity index (χ0n) is 14.9. The summed E-state index contributed by atoms with van der Waals surface area (Å²) in [5.41, 5.74) is 5.48. The molecule has 5 nitrogen and oxygen atoms in total. The lowest BCUT2D eigenvalue weighted by atomic mass is 10.3. The molecular weight excluding hydrogens is 464 g/mol. The van der Waals surface area contributed by atoms with E-state index >= 15 is 0 Å². The molecule has 11 heteroatoms. The van der Waals surface area contributed by atoms with Crippen molar-refractivity contribution >= 4 is 66.8 Å². The molecule has 0 unspecified atom stereocenters. The summed E-state index contributed by atoms with van der Waals surface area (Å²) in [4.78, 5) is 0. The molecule has 0 heterocycles. The Morgan fingerprint density at radius 2 is 1.12 bits per heavy atom. The molecule has 0 spiro atoms. The van der Waals surface area contributed by atoms with Gasteiger partial charge in [0.25, 0.3) is 0 Å². The molecule has 152 valence electrons. The molecule has 0 saturated carbocycles. The molecule has 1 rings (SSSR count). The first-order valence-corrected chi connectivity index (χ1v) is 11.9. The molecule has 0 aliphatic rings. The van der Waals surface area contributed by atoms with Crippen LogP contribution in [-0.4, -0.2) is 40.3 Å². The van der Waals surface area contributed by atoms with Gasteiger partial charge in [-0.05, 0) is 33.7 Å². The monoisotopic (exact) mass is 485 g/mol. The summed E-state index contributed by atoms with van der Waals surface area (Å²) in [6, 6.07) is 0.818. The van der Waals surface area contributed by atoms with E-state index < -0.39 is 8.80 Å². The van der Waals surface area contributed by atoms with Gasteiger partial charge in [-0.15, -0.1) is 0 Å². The van der Waals surface area contributed by atoms with Gasteiger partial charge in [0.15, 0.2) is 5.75 Å². The quantitative estimate of drug-likeness (QED) is 0.252. The number of phenols is 1. The lowest BCUT2D eigenvalue weighted by molar-refractivity contribution is 0.0710. The van der Waals surface area contributed by atoms with Crippen LogP contribution >= 0.6 is 58.0 Å². The van der Waals surface area contributed by atoms with Crippen molar-refractivity contribution in [2.75, 3.05) is 26.4 Å². The normalized spacial score (nSPS) is 11.3. The van der Waals surface area contributed by atoms with E-state index in [1.807, 2.05) is 20.8 Å². The van der Waals surface area contributed by atoms with Crippen molar-refractivity contribution in [1.82, 2.24) is 0 Å². The predicted octanol–water partition coefficient (Wildman–Crippen LogP) is 6.04. The molecule has 0 fully saturated rings. The molecule has 3 N–H and O–H groups in total. The van der Waals surface area contributed by atoms with Crippen LogP contribution in [-0.2, 0) is 13.3 Å². The van der Waals surface area contributed by atoms with Crippen LogP contribution in [0.2, 0.25) is 31.2 Å². The van der Waals surface area contributed by atoms with Crippen molar-refractivity contribution in [2.45, 2.75) is 33.2 Å². The molecule has 0 aliphatic carbocycles. The third kappa shape index (κ3) is 7.87. The SMILES string of the molecule is CCO[Si](CCCN)(OCC)OCC.Oc1c(Cl)c(Cl)c(Cl)c(Cl)c1Cl. The number of phenolic OH excluding ortho intramolecular Hbond substituents is 1. The molecular formula is C15H24Cl5NO4Si. The van der Waals surface area contributed by atoms with Gasteiger partial charge in [0.2, 0.25) is 0 Å². The molecule has 1 aromatic carbocycles. The molecule has 0 aromatic heterocycles. The Bertz CT molecular complexity index is 443. The third-order valence-corrected chi connectivity index (χ3v) is 8.37. The highest BCUT2D eigenvalue weighted by atomic mass is 35.5. The second-order valence-electron chi connectivity index (χ2n) is 4.79. The summed E-state index contributed by atoms with van der Waals surface area (Å²) >= 11 is 27.9. The van der Waals surface area contributed by atoms with Crippen LogP contribution in [0.5, 0.6) is 5.75 Å². The van der Waals surface area contributed by atoms with Crippen LogP contribution in [0, 0.1) is 0 Å². The van der Waals surface area contributed by atoms with Crippen LogP contribution in [0.15, 0.2) is 0 Å². The van der Waals surface area contributed by atoms with Gasteiger partial charge in [0, 0.05) is 25.9 Å². The van der Waals surface area contributed by atoms with E-state index in [9.17, 15) is 5.11 Å². The molecule has 26 heavy (non-hydrogen) atoms. The first kappa shape index (κ1) is 26.5. The summed E-state index contributed by atoms with van der Waals surface area (Å²) in [6.07, 6.45) is 0.895. The summed E-state index contributed by atoms with van der Waals surface area (Å²) in [5.74, 6) is -0.363. The molecule has 0 saturated heterocycles. The summed E-state index contributed by atoms with van der Waals surface area (Å²) in [6.45, 7) is 8.44. The van der Waals surface area contributed by atoms with Gasteiger partial charge in [-0.1, -0.05) is 58.0 Å². The molecule has 1 aromatic rings. The van der Waals surface area contributed by atoms with E-state index in [4.69, 9.17) is 77.0 Å². The first-order valence-electron chi connectivity index (χ1n) is 8.03. The standard InChI is InChI=1S/C9H23NO3Si.C6HCl5O/c1-4-11-14(12-5-2,13-6-3)9-7-8-10;7-1-2(8)4(10)6(12)5(11)3(1)9/h4-10H2,1-3H3;12H. The summed E-state index contributed by atoms with van der Waals surface area (Å²) in [5, 5.41) is 9.01. The topological polar surface area (TPSA) is 73.9 Å². The summed E-state index contributed by atoms with van der Waals surface area (Å²) < 4.78 is 17.0. The maximum Gasteiger partial charge on any atom is 0.500 e. The maximum atomic E-state index is 9.20. The average molecular weight is 488 g/mol. The number of rotatable bonds is 9. The predicted molar refractivity (Wildman–Crippen MR) is 112 cm³/mol. The number of aromatic hydroxyl groups is 1. The number of halogens is 5. The van der Waals surface area contributed by atoms with E-state index in [1.54, 1.807) is 0 Å². The summed E-state index contributed by atoms with van der Waals surface area (Å²) in [7, 11) is -2.40. The minimum absolute atomic E-state index is 0.00904. The van der Waals surface area contributed by atoms with Crippen LogP contribution in [0.3, 0.4) is 0 Å². The maximum absolute atomic E-state index is 9.20.